The molecule has 2 aromatic rings. The monoisotopic (exact) mass is 474 g/mol. The second kappa shape index (κ2) is 10.6. The van der Waals surface area contributed by atoms with E-state index in [0.29, 0.717) is 47.3 Å². The van der Waals surface area contributed by atoms with Crippen molar-refractivity contribution in [3.63, 3.8) is 0 Å². The van der Waals surface area contributed by atoms with Crippen LogP contribution < -0.4 is 4.74 Å². The van der Waals surface area contributed by atoms with Crippen LogP contribution in [0, 0.1) is 5.92 Å². The summed E-state index contributed by atoms with van der Waals surface area (Å²) in [5, 5.41) is 1.14. The van der Waals surface area contributed by atoms with Gasteiger partial charge >= 0.3 is 0 Å². The number of carbonyl (C=O) groups is 2. The van der Waals surface area contributed by atoms with E-state index in [0.717, 1.165) is 25.9 Å². The average Bonchev–Trinajstić information content (AvgIpc) is 2.80. The molecule has 0 aliphatic carbocycles. The zero-order valence-electron chi connectivity index (χ0n) is 18.0. The van der Waals surface area contributed by atoms with Crippen molar-refractivity contribution >= 4 is 35.0 Å². The van der Waals surface area contributed by atoms with Crippen molar-refractivity contribution in [2.45, 2.75) is 38.2 Å². The summed E-state index contributed by atoms with van der Waals surface area (Å²) in [7, 11) is 0. The van der Waals surface area contributed by atoms with Gasteiger partial charge in [0.25, 0.3) is 5.91 Å². The van der Waals surface area contributed by atoms with Gasteiger partial charge in [-0.15, -0.1) is 0 Å². The van der Waals surface area contributed by atoms with Crippen LogP contribution in [-0.2, 0) is 4.79 Å². The highest BCUT2D eigenvalue weighted by molar-refractivity contribution is 6.31. The Hall–Kier alpha value is -2.24. The Kier molecular flexibility index (Phi) is 7.59. The predicted octanol–water partition coefficient (Wildman–Crippen LogP) is 5.31. The molecular weight excluding hydrogens is 447 g/mol. The van der Waals surface area contributed by atoms with Crippen molar-refractivity contribution in [2.24, 2.45) is 5.92 Å². The van der Waals surface area contributed by atoms with Crippen LogP contribution in [0.4, 0.5) is 0 Å². The Morgan fingerprint density at radius 2 is 1.62 bits per heavy atom. The molecule has 0 unspecified atom stereocenters. The Morgan fingerprint density at radius 1 is 0.906 bits per heavy atom. The van der Waals surface area contributed by atoms with E-state index in [1.165, 1.54) is 6.42 Å². The van der Waals surface area contributed by atoms with Crippen molar-refractivity contribution in [1.82, 2.24) is 9.80 Å². The molecule has 2 aliphatic rings. The minimum atomic E-state index is -0.161. The van der Waals surface area contributed by atoms with Gasteiger partial charge in [-0.05, 0) is 55.7 Å². The fourth-order valence-electron chi connectivity index (χ4n) is 4.56. The summed E-state index contributed by atoms with van der Waals surface area (Å²) < 4.78 is 6.28. The molecule has 2 aromatic carbocycles. The molecule has 2 heterocycles. The molecule has 2 atom stereocenters. The number of nitrogens with zero attached hydrogens (tertiary/aromatic N) is 2. The number of carbonyl (C=O) groups excluding carboxylic acids is 2. The fourth-order valence-corrected chi connectivity index (χ4v) is 4.93. The normalized spacial score (nSPS) is 21.3. The summed E-state index contributed by atoms with van der Waals surface area (Å²) in [6.45, 7) is 2.66. The van der Waals surface area contributed by atoms with Gasteiger partial charge in [-0.3, -0.25) is 9.59 Å². The number of halogens is 2. The number of rotatable bonds is 5. The Bertz CT molecular complexity index is 962. The topological polar surface area (TPSA) is 49.9 Å². The largest absolute Gasteiger partial charge is 0.490 e. The number of ether oxygens (including phenoxy) is 1. The second-order valence-electron chi connectivity index (χ2n) is 8.57. The molecule has 2 saturated heterocycles. The summed E-state index contributed by atoms with van der Waals surface area (Å²) in [5.74, 6) is 0.670. The molecule has 7 heteroatoms. The van der Waals surface area contributed by atoms with E-state index in [2.05, 4.69) is 0 Å². The summed E-state index contributed by atoms with van der Waals surface area (Å²) in [6.07, 6.45) is 4.14. The van der Waals surface area contributed by atoms with Crippen LogP contribution in [-0.4, -0.2) is 53.9 Å². The number of piperidine rings is 2. The Balaban J connectivity index is 1.50. The smallest absolute Gasteiger partial charge is 0.253 e. The second-order valence-corrected chi connectivity index (χ2v) is 9.44. The Labute approximate surface area is 199 Å². The first kappa shape index (κ1) is 22.9. The van der Waals surface area contributed by atoms with Crippen LogP contribution in [0.15, 0.2) is 48.5 Å². The lowest BCUT2D eigenvalue weighted by Crippen LogP contribution is -2.49. The maximum atomic E-state index is 13.1. The van der Waals surface area contributed by atoms with Gasteiger partial charge in [0.2, 0.25) is 5.91 Å². The number of likely N-dealkylation sites (tertiary alicyclic amines) is 2. The fraction of sp³-hybridized carbons (Fsp3) is 0.440. The maximum absolute atomic E-state index is 13.1. The Morgan fingerprint density at radius 3 is 2.34 bits per heavy atom. The zero-order valence-corrected chi connectivity index (χ0v) is 19.5. The van der Waals surface area contributed by atoms with E-state index in [4.69, 9.17) is 27.9 Å². The van der Waals surface area contributed by atoms with Crippen molar-refractivity contribution in [1.29, 1.82) is 0 Å². The zero-order chi connectivity index (χ0) is 22.5. The SMILES string of the molecule is O=C(C[C@H]1CN(C(=O)c2cccc(Cl)c2)CC[C@@H]1Oc1cccc(Cl)c1)N1CCCCC1. The standard InChI is InChI=1S/C25H28Cl2N2O3/c26-20-7-4-6-18(14-20)25(31)29-13-10-23(32-22-9-5-8-21(27)16-22)19(17-29)15-24(30)28-11-2-1-3-12-28/h4-9,14,16,19,23H,1-3,10-13,15,17H2/t19-,23-/m0/s1. The average molecular weight is 475 g/mol. The van der Waals surface area contributed by atoms with E-state index in [9.17, 15) is 9.59 Å². The molecule has 2 aliphatic heterocycles. The molecule has 0 radical (unpaired) electrons. The van der Waals surface area contributed by atoms with Gasteiger partial charge in [-0.1, -0.05) is 35.3 Å². The van der Waals surface area contributed by atoms with Crippen molar-refractivity contribution < 1.29 is 14.3 Å². The summed E-state index contributed by atoms with van der Waals surface area (Å²) in [4.78, 5) is 29.9. The highest BCUT2D eigenvalue weighted by Gasteiger charge is 2.35. The molecule has 170 valence electrons. The first-order chi connectivity index (χ1) is 15.5. The van der Waals surface area contributed by atoms with Gasteiger partial charge in [-0.2, -0.15) is 0 Å². The van der Waals surface area contributed by atoms with Crippen molar-refractivity contribution in [3.05, 3.63) is 64.1 Å². The van der Waals surface area contributed by atoms with Crippen LogP contribution in [0.2, 0.25) is 10.0 Å². The van der Waals surface area contributed by atoms with Gasteiger partial charge in [0.1, 0.15) is 11.9 Å². The molecule has 0 saturated carbocycles. The molecule has 5 nitrogen and oxygen atoms in total. The summed E-state index contributed by atoms with van der Waals surface area (Å²) >= 11 is 12.2. The molecule has 0 aromatic heterocycles. The molecular formula is C25H28Cl2N2O3. The first-order valence-corrected chi connectivity index (χ1v) is 12.0. The third kappa shape index (κ3) is 5.76. The maximum Gasteiger partial charge on any atom is 0.253 e. The molecule has 4 rings (SSSR count). The number of amides is 2. The highest BCUT2D eigenvalue weighted by atomic mass is 35.5. The molecule has 32 heavy (non-hydrogen) atoms. The number of hydrogen-bond donors (Lipinski definition) is 0. The lowest BCUT2D eigenvalue weighted by molar-refractivity contribution is -0.134. The third-order valence-corrected chi connectivity index (χ3v) is 6.72. The lowest BCUT2D eigenvalue weighted by Gasteiger charge is -2.39. The van der Waals surface area contributed by atoms with Crippen LogP contribution in [0.25, 0.3) is 0 Å². The minimum Gasteiger partial charge on any atom is -0.490 e. The number of benzene rings is 2. The lowest BCUT2D eigenvalue weighted by atomic mass is 9.90. The van der Waals surface area contributed by atoms with Crippen LogP contribution in [0.3, 0.4) is 0 Å². The van der Waals surface area contributed by atoms with Crippen LogP contribution >= 0.6 is 23.2 Å². The van der Waals surface area contributed by atoms with E-state index in [1.54, 1.807) is 36.4 Å². The molecule has 2 amide bonds. The highest BCUT2D eigenvalue weighted by Crippen LogP contribution is 2.29. The van der Waals surface area contributed by atoms with Gasteiger partial charge in [0.15, 0.2) is 0 Å². The third-order valence-electron chi connectivity index (χ3n) is 6.25. The molecule has 0 spiro atoms. The van der Waals surface area contributed by atoms with E-state index in [-0.39, 0.29) is 23.8 Å². The molecule has 0 N–H and O–H groups in total. The summed E-state index contributed by atoms with van der Waals surface area (Å²) in [5.41, 5.74) is 0.563. The van der Waals surface area contributed by atoms with Crippen LogP contribution in [0.1, 0.15) is 42.5 Å². The van der Waals surface area contributed by atoms with E-state index in [1.807, 2.05) is 21.9 Å². The van der Waals surface area contributed by atoms with Crippen LogP contribution in [0.5, 0.6) is 5.75 Å². The van der Waals surface area contributed by atoms with Crippen molar-refractivity contribution in [3.8, 4) is 5.75 Å². The van der Waals surface area contributed by atoms with Gasteiger partial charge in [-0.25, -0.2) is 0 Å². The molecule has 0 bridgehead atoms. The summed E-state index contributed by atoms with van der Waals surface area (Å²) in [6, 6.07) is 14.3. The minimum absolute atomic E-state index is 0.0656. The first-order valence-electron chi connectivity index (χ1n) is 11.2. The van der Waals surface area contributed by atoms with Crippen molar-refractivity contribution in [2.75, 3.05) is 26.2 Å². The van der Waals surface area contributed by atoms with E-state index < -0.39 is 0 Å². The molecule has 2 fully saturated rings. The quantitative estimate of drug-likeness (QED) is 0.590. The van der Waals surface area contributed by atoms with Gasteiger partial charge < -0.3 is 14.5 Å². The number of hydrogen-bond acceptors (Lipinski definition) is 3. The van der Waals surface area contributed by atoms with E-state index >= 15 is 0 Å². The van der Waals surface area contributed by atoms with Gasteiger partial charge in [0, 0.05) is 60.5 Å². The predicted molar refractivity (Wildman–Crippen MR) is 126 cm³/mol. The van der Waals surface area contributed by atoms with Gasteiger partial charge in [0.05, 0.1) is 0 Å².